The van der Waals surface area contributed by atoms with Gasteiger partial charge < -0.3 is 5.73 Å². The Balaban J connectivity index is 2.42. The van der Waals surface area contributed by atoms with Crippen molar-refractivity contribution < 1.29 is 8.78 Å². The third kappa shape index (κ3) is 1.45. The lowest BCUT2D eigenvalue weighted by atomic mass is 9.97. The quantitative estimate of drug-likeness (QED) is 0.634. The fourth-order valence-corrected chi connectivity index (χ4v) is 1.69. The molecule has 1 aliphatic rings. The van der Waals surface area contributed by atoms with Gasteiger partial charge in [0.25, 0.3) is 0 Å². The summed E-state index contributed by atoms with van der Waals surface area (Å²) in [5.41, 5.74) is 5.33. The lowest BCUT2D eigenvalue weighted by Gasteiger charge is -2.15. The molecule has 0 aromatic carbocycles. The van der Waals surface area contributed by atoms with Crippen LogP contribution in [0.1, 0.15) is 19.3 Å². The molecule has 1 rings (SSSR count). The first-order valence-corrected chi connectivity index (χ1v) is 3.74. The number of rotatable bonds is 2. The van der Waals surface area contributed by atoms with E-state index in [9.17, 15) is 8.78 Å². The molecule has 0 aromatic rings. The van der Waals surface area contributed by atoms with E-state index in [1.807, 2.05) is 0 Å². The Morgan fingerprint density at radius 2 is 2.10 bits per heavy atom. The molecule has 2 atom stereocenters. The minimum Gasteiger partial charge on any atom is -0.330 e. The third-order valence-corrected chi connectivity index (χ3v) is 2.34. The standard InChI is InChI=1S/C7H13F2N/c8-7(9)6-3-1-2-5(6)4-10/h5-7H,1-4,10H2/t5-,6-/m1/s1. The van der Waals surface area contributed by atoms with Crippen LogP contribution in [0.4, 0.5) is 8.78 Å². The van der Waals surface area contributed by atoms with Crippen LogP contribution in [0.2, 0.25) is 0 Å². The van der Waals surface area contributed by atoms with Gasteiger partial charge >= 0.3 is 0 Å². The first kappa shape index (κ1) is 7.92. The summed E-state index contributed by atoms with van der Waals surface area (Å²) in [5, 5.41) is 0. The summed E-state index contributed by atoms with van der Waals surface area (Å²) in [6.07, 6.45) is 0.332. The van der Waals surface area contributed by atoms with Gasteiger partial charge in [-0.2, -0.15) is 0 Å². The molecule has 0 aromatic heterocycles. The molecule has 0 radical (unpaired) electrons. The second-order valence-corrected chi connectivity index (χ2v) is 2.92. The van der Waals surface area contributed by atoms with E-state index in [0.29, 0.717) is 13.0 Å². The molecular formula is C7H13F2N. The summed E-state index contributed by atoms with van der Waals surface area (Å²) in [4.78, 5) is 0. The smallest absolute Gasteiger partial charge is 0.241 e. The van der Waals surface area contributed by atoms with Crippen LogP contribution in [-0.4, -0.2) is 13.0 Å². The summed E-state index contributed by atoms with van der Waals surface area (Å²) in [5.74, 6) is -0.329. The highest BCUT2D eigenvalue weighted by molar-refractivity contribution is 4.79. The van der Waals surface area contributed by atoms with Gasteiger partial charge in [0.1, 0.15) is 0 Å². The van der Waals surface area contributed by atoms with Crippen molar-refractivity contribution in [2.24, 2.45) is 17.6 Å². The Bertz CT molecular complexity index is 106. The topological polar surface area (TPSA) is 26.0 Å². The van der Waals surface area contributed by atoms with Gasteiger partial charge in [0.2, 0.25) is 6.43 Å². The molecule has 2 N–H and O–H groups in total. The molecule has 0 heterocycles. The van der Waals surface area contributed by atoms with E-state index >= 15 is 0 Å². The van der Waals surface area contributed by atoms with Gasteiger partial charge in [-0.15, -0.1) is 0 Å². The first-order chi connectivity index (χ1) is 4.75. The Hall–Kier alpha value is -0.180. The van der Waals surface area contributed by atoms with Crippen molar-refractivity contribution in [3.05, 3.63) is 0 Å². The number of halogens is 2. The maximum atomic E-state index is 12.1. The Morgan fingerprint density at radius 3 is 2.50 bits per heavy atom. The Kier molecular flexibility index (Phi) is 2.60. The molecule has 0 spiro atoms. The van der Waals surface area contributed by atoms with Crippen molar-refractivity contribution in [3.63, 3.8) is 0 Å². The molecule has 1 saturated carbocycles. The summed E-state index contributed by atoms with van der Waals surface area (Å²) in [7, 11) is 0. The van der Waals surface area contributed by atoms with Crippen molar-refractivity contribution >= 4 is 0 Å². The number of hydrogen-bond donors (Lipinski definition) is 1. The van der Waals surface area contributed by atoms with Crippen LogP contribution in [-0.2, 0) is 0 Å². The maximum absolute atomic E-state index is 12.1. The van der Waals surface area contributed by atoms with Crippen LogP contribution < -0.4 is 5.73 Å². The minimum absolute atomic E-state index is 0.0833. The number of alkyl halides is 2. The van der Waals surface area contributed by atoms with E-state index in [4.69, 9.17) is 5.73 Å². The normalized spacial score (nSPS) is 33.6. The van der Waals surface area contributed by atoms with Crippen LogP contribution in [0, 0.1) is 11.8 Å². The zero-order valence-corrected chi connectivity index (χ0v) is 5.89. The first-order valence-electron chi connectivity index (χ1n) is 3.74. The molecule has 0 aliphatic heterocycles. The average Bonchev–Trinajstić information content (AvgIpc) is 2.33. The molecule has 0 unspecified atom stereocenters. The van der Waals surface area contributed by atoms with E-state index < -0.39 is 12.3 Å². The molecule has 0 amide bonds. The maximum Gasteiger partial charge on any atom is 0.241 e. The van der Waals surface area contributed by atoms with E-state index in [1.165, 1.54) is 0 Å². The van der Waals surface area contributed by atoms with Crippen LogP contribution in [0.15, 0.2) is 0 Å². The number of hydrogen-bond acceptors (Lipinski definition) is 1. The van der Waals surface area contributed by atoms with Gasteiger partial charge in [-0.1, -0.05) is 6.42 Å². The zero-order chi connectivity index (χ0) is 7.56. The van der Waals surface area contributed by atoms with Crippen LogP contribution >= 0.6 is 0 Å². The van der Waals surface area contributed by atoms with Gasteiger partial charge in [0.15, 0.2) is 0 Å². The van der Waals surface area contributed by atoms with Crippen LogP contribution in [0.3, 0.4) is 0 Å². The largest absolute Gasteiger partial charge is 0.330 e. The van der Waals surface area contributed by atoms with E-state index in [0.717, 1.165) is 12.8 Å². The molecule has 60 valence electrons. The summed E-state index contributed by atoms with van der Waals surface area (Å²) in [6, 6.07) is 0. The fourth-order valence-electron chi connectivity index (χ4n) is 1.69. The lowest BCUT2D eigenvalue weighted by Crippen LogP contribution is -2.23. The predicted molar refractivity (Wildman–Crippen MR) is 35.9 cm³/mol. The molecule has 0 bridgehead atoms. The summed E-state index contributed by atoms with van der Waals surface area (Å²) in [6.45, 7) is 0.426. The van der Waals surface area contributed by atoms with Crippen molar-refractivity contribution in [3.8, 4) is 0 Å². The predicted octanol–water partition coefficient (Wildman–Crippen LogP) is 1.63. The molecule has 1 nitrogen and oxygen atoms in total. The van der Waals surface area contributed by atoms with Crippen molar-refractivity contribution in [1.82, 2.24) is 0 Å². The summed E-state index contributed by atoms with van der Waals surface area (Å²) >= 11 is 0. The molecule has 10 heavy (non-hydrogen) atoms. The lowest BCUT2D eigenvalue weighted by molar-refractivity contribution is 0.0582. The average molecular weight is 149 g/mol. The highest BCUT2D eigenvalue weighted by Gasteiger charge is 2.32. The number of nitrogens with two attached hydrogens (primary N) is 1. The van der Waals surface area contributed by atoms with Crippen molar-refractivity contribution in [1.29, 1.82) is 0 Å². The molecule has 3 heteroatoms. The molecule has 0 saturated heterocycles. The van der Waals surface area contributed by atoms with Crippen LogP contribution in [0.25, 0.3) is 0 Å². The molecule has 1 fully saturated rings. The zero-order valence-electron chi connectivity index (χ0n) is 5.89. The van der Waals surface area contributed by atoms with Crippen LogP contribution in [0.5, 0.6) is 0 Å². The SMILES string of the molecule is NC[C@H]1CCC[C@H]1C(F)F. The van der Waals surface area contributed by atoms with Gasteiger partial charge in [-0.3, -0.25) is 0 Å². The highest BCUT2D eigenvalue weighted by atomic mass is 19.3. The van der Waals surface area contributed by atoms with Crippen molar-refractivity contribution in [2.45, 2.75) is 25.7 Å². The van der Waals surface area contributed by atoms with Gasteiger partial charge in [0.05, 0.1) is 0 Å². The minimum atomic E-state index is -2.16. The second-order valence-electron chi connectivity index (χ2n) is 2.92. The van der Waals surface area contributed by atoms with E-state index in [-0.39, 0.29) is 5.92 Å². The second kappa shape index (κ2) is 3.28. The molecular weight excluding hydrogens is 136 g/mol. The Labute approximate surface area is 59.6 Å². The van der Waals surface area contributed by atoms with Gasteiger partial charge in [-0.05, 0) is 25.3 Å². The fraction of sp³-hybridized carbons (Fsp3) is 1.00. The van der Waals surface area contributed by atoms with Gasteiger partial charge in [0, 0.05) is 5.92 Å². The van der Waals surface area contributed by atoms with E-state index in [2.05, 4.69) is 0 Å². The monoisotopic (exact) mass is 149 g/mol. The van der Waals surface area contributed by atoms with E-state index in [1.54, 1.807) is 0 Å². The molecule has 1 aliphatic carbocycles. The third-order valence-electron chi connectivity index (χ3n) is 2.34. The Morgan fingerprint density at radius 1 is 1.40 bits per heavy atom. The highest BCUT2D eigenvalue weighted by Crippen LogP contribution is 2.34. The van der Waals surface area contributed by atoms with Crippen molar-refractivity contribution in [2.75, 3.05) is 6.54 Å². The summed E-state index contributed by atoms with van der Waals surface area (Å²) < 4.78 is 24.2. The van der Waals surface area contributed by atoms with Gasteiger partial charge in [-0.25, -0.2) is 8.78 Å².